The van der Waals surface area contributed by atoms with Gasteiger partial charge in [-0.1, -0.05) is 48.0 Å². The van der Waals surface area contributed by atoms with Crippen LogP contribution in [-0.4, -0.2) is 37.4 Å². The first kappa shape index (κ1) is 21.3. The van der Waals surface area contributed by atoms with Crippen LogP contribution in [0.25, 0.3) is 0 Å². The Balaban J connectivity index is 2.03. The molecule has 2 aromatic rings. The lowest BCUT2D eigenvalue weighted by Crippen LogP contribution is -2.49. The number of aryl methyl sites for hydroxylation is 1. The number of benzene rings is 2. The van der Waals surface area contributed by atoms with Gasteiger partial charge in [-0.05, 0) is 45.4 Å². The number of sulfone groups is 1. The van der Waals surface area contributed by atoms with Crippen molar-refractivity contribution < 1.29 is 17.9 Å². The van der Waals surface area contributed by atoms with Crippen molar-refractivity contribution in [3.63, 3.8) is 0 Å². The maximum Gasteiger partial charge on any atom is 0.408 e. The van der Waals surface area contributed by atoms with Crippen LogP contribution in [0.5, 0.6) is 0 Å². The quantitative estimate of drug-likeness (QED) is 0.780. The summed E-state index contributed by atoms with van der Waals surface area (Å²) in [4.78, 5) is 12.7. The first-order valence-electron chi connectivity index (χ1n) is 9.58. The third-order valence-electron chi connectivity index (χ3n) is 5.17. The fourth-order valence-electron chi connectivity index (χ4n) is 3.80. The molecule has 0 saturated heterocycles. The molecule has 0 aromatic heterocycles. The molecule has 156 valence electrons. The Labute approximate surface area is 172 Å². The van der Waals surface area contributed by atoms with Crippen molar-refractivity contribution in [3.8, 4) is 0 Å². The monoisotopic (exact) mass is 416 g/mol. The number of amides is 1. The summed E-state index contributed by atoms with van der Waals surface area (Å²) >= 11 is 0. The second-order valence-corrected chi connectivity index (χ2v) is 10.6. The van der Waals surface area contributed by atoms with Gasteiger partial charge in [0.25, 0.3) is 0 Å². The minimum absolute atomic E-state index is 0.0263. The number of ether oxygens (including phenoxy) is 1. The van der Waals surface area contributed by atoms with Crippen LogP contribution in [0.2, 0.25) is 0 Å². The van der Waals surface area contributed by atoms with E-state index in [-0.39, 0.29) is 11.4 Å². The highest BCUT2D eigenvalue weighted by atomic mass is 32.2. The zero-order valence-electron chi connectivity index (χ0n) is 17.2. The van der Waals surface area contributed by atoms with Crippen LogP contribution in [0.1, 0.15) is 37.8 Å². The Bertz CT molecular complexity index is 982. The summed E-state index contributed by atoms with van der Waals surface area (Å²) in [5.74, 6) is -0.467. The summed E-state index contributed by atoms with van der Waals surface area (Å²) in [6.07, 6.45) is -0.675. The number of hydrogen-bond acceptors (Lipinski definition) is 5. The Hall–Kier alpha value is -2.38. The van der Waals surface area contributed by atoms with Crippen LogP contribution in [0.3, 0.4) is 0 Å². The number of alkyl carbamates (subject to hydrolysis) is 1. The van der Waals surface area contributed by atoms with Crippen LogP contribution in [0.4, 0.5) is 4.79 Å². The first-order chi connectivity index (χ1) is 13.5. The molecule has 1 aliphatic rings. The molecule has 0 aliphatic heterocycles. The second-order valence-electron chi connectivity index (χ2n) is 8.54. The van der Waals surface area contributed by atoms with E-state index in [0.29, 0.717) is 0 Å². The first-order valence-corrected chi connectivity index (χ1v) is 11.1. The van der Waals surface area contributed by atoms with Gasteiger partial charge in [-0.15, -0.1) is 0 Å². The van der Waals surface area contributed by atoms with Crippen LogP contribution in [0, 0.1) is 6.92 Å². The van der Waals surface area contributed by atoms with Crippen molar-refractivity contribution in [3.05, 3.63) is 65.7 Å². The van der Waals surface area contributed by atoms with E-state index in [1.807, 2.05) is 31.2 Å². The minimum atomic E-state index is -3.73. The summed E-state index contributed by atoms with van der Waals surface area (Å²) in [5, 5.41) is 1.92. The minimum Gasteiger partial charge on any atom is -0.444 e. The fourth-order valence-corrected chi connectivity index (χ4v) is 6.17. The van der Waals surface area contributed by atoms with Crippen molar-refractivity contribution >= 4 is 15.9 Å². The second kappa shape index (κ2) is 7.46. The number of nitrogens with one attached hydrogen (secondary N) is 1. The van der Waals surface area contributed by atoms with Gasteiger partial charge in [-0.2, -0.15) is 0 Å². The number of carbonyl (C=O) groups is 1. The molecule has 1 amide bonds. The van der Waals surface area contributed by atoms with Crippen LogP contribution in [-0.2, 0) is 14.6 Å². The standard InChI is InChI=1S/C22H28N2O4S/c1-15-10-12-16(13-11-15)18-19(29(26,27)17-8-6-5-7-9-17)22(18,14-23)24-20(25)28-21(2,3)4/h5-13,18-19H,14,23H2,1-4H3,(H,24,25)/t18-,19-,22-/m0/s1. The van der Waals surface area contributed by atoms with E-state index in [0.717, 1.165) is 11.1 Å². The molecule has 29 heavy (non-hydrogen) atoms. The largest absolute Gasteiger partial charge is 0.444 e. The van der Waals surface area contributed by atoms with Gasteiger partial charge in [0, 0.05) is 12.5 Å². The van der Waals surface area contributed by atoms with Gasteiger partial charge in [-0.25, -0.2) is 13.2 Å². The lowest BCUT2D eigenvalue weighted by atomic mass is 10.0. The molecule has 0 unspecified atom stereocenters. The van der Waals surface area contributed by atoms with Gasteiger partial charge in [0.05, 0.1) is 10.4 Å². The third kappa shape index (κ3) is 4.16. The van der Waals surface area contributed by atoms with Crippen molar-refractivity contribution in [1.82, 2.24) is 5.32 Å². The maximum absolute atomic E-state index is 13.4. The van der Waals surface area contributed by atoms with E-state index in [2.05, 4.69) is 5.32 Å². The molecular formula is C22H28N2O4S. The smallest absolute Gasteiger partial charge is 0.408 e. The zero-order valence-corrected chi connectivity index (χ0v) is 18.0. The normalized spacial score (nSPS) is 24.0. The van der Waals surface area contributed by atoms with E-state index in [4.69, 9.17) is 10.5 Å². The number of carbonyl (C=O) groups excluding carboxylic acids is 1. The van der Waals surface area contributed by atoms with Crippen molar-refractivity contribution in [2.75, 3.05) is 6.54 Å². The summed E-state index contributed by atoms with van der Waals surface area (Å²) in [6.45, 7) is 7.20. The molecule has 1 saturated carbocycles. The molecule has 3 rings (SSSR count). The number of nitrogens with two attached hydrogens (primary N) is 1. The molecule has 3 atom stereocenters. The summed E-state index contributed by atoms with van der Waals surface area (Å²) < 4.78 is 32.3. The van der Waals surface area contributed by atoms with Crippen molar-refractivity contribution in [1.29, 1.82) is 0 Å². The lowest BCUT2D eigenvalue weighted by molar-refractivity contribution is 0.0497. The highest BCUT2D eigenvalue weighted by Gasteiger charge is 2.71. The zero-order chi connectivity index (χ0) is 21.4. The van der Waals surface area contributed by atoms with Gasteiger partial charge < -0.3 is 15.8 Å². The van der Waals surface area contributed by atoms with Crippen LogP contribution in [0.15, 0.2) is 59.5 Å². The van der Waals surface area contributed by atoms with Gasteiger partial charge in [0.15, 0.2) is 9.84 Å². The van der Waals surface area contributed by atoms with E-state index in [1.54, 1.807) is 51.1 Å². The molecule has 6 nitrogen and oxygen atoms in total. The molecular weight excluding hydrogens is 388 g/mol. The summed E-state index contributed by atoms with van der Waals surface area (Å²) in [7, 11) is -3.73. The fraction of sp³-hybridized carbons (Fsp3) is 0.409. The average molecular weight is 417 g/mol. The Morgan fingerprint density at radius 3 is 2.21 bits per heavy atom. The summed E-state index contributed by atoms with van der Waals surface area (Å²) in [6, 6.07) is 15.9. The Kier molecular flexibility index (Phi) is 5.49. The average Bonchev–Trinajstić information content (AvgIpc) is 3.31. The van der Waals surface area contributed by atoms with Gasteiger partial charge in [0.1, 0.15) is 10.9 Å². The highest BCUT2D eigenvalue weighted by molar-refractivity contribution is 7.92. The van der Waals surface area contributed by atoms with Gasteiger partial charge >= 0.3 is 6.09 Å². The van der Waals surface area contributed by atoms with E-state index in [9.17, 15) is 13.2 Å². The van der Waals surface area contributed by atoms with E-state index < -0.39 is 38.2 Å². The molecule has 1 aliphatic carbocycles. The SMILES string of the molecule is Cc1ccc([C@H]2[C@H](S(=O)(=O)c3ccccc3)[C@@]2(CN)NC(=O)OC(C)(C)C)cc1. The van der Waals surface area contributed by atoms with E-state index in [1.165, 1.54) is 0 Å². The molecule has 0 bridgehead atoms. The molecule has 7 heteroatoms. The molecule has 3 N–H and O–H groups in total. The van der Waals surface area contributed by atoms with Crippen molar-refractivity contribution in [2.24, 2.45) is 5.73 Å². The molecule has 0 spiro atoms. The third-order valence-corrected chi connectivity index (χ3v) is 7.46. The summed E-state index contributed by atoms with van der Waals surface area (Å²) in [5.41, 5.74) is 6.12. The van der Waals surface area contributed by atoms with Gasteiger partial charge in [0.2, 0.25) is 0 Å². The predicted octanol–water partition coefficient (Wildman–Crippen LogP) is 3.16. The number of rotatable bonds is 5. The Morgan fingerprint density at radius 2 is 1.69 bits per heavy atom. The molecule has 1 fully saturated rings. The molecule has 0 heterocycles. The highest BCUT2D eigenvalue weighted by Crippen LogP contribution is 2.56. The van der Waals surface area contributed by atoms with Crippen LogP contribution >= 0.6 is 0 Å². The van der Waals surface area contributed by atoms with E-state index >= 15 is 0 Å². The topological polar surface area (TPSA) is 98.5 Å². The lowest BCUT2D eigenvalue weighted by Gasteiger charge is -2.24. The van der Waals surface area contributed by atoms with Crippen molar-refractivity contribution in [2.45, 2.75) is 54.9 Å². The molecule has 2 aromatic carbocycles. The maximum atomic E-state index is 13.4. The number of hydrogen-bond donors (Lipinski definition) is 2. The predicted molar refractivity (Wildman–Crippen MR) is 112 cm³/mol. The van der Waals surface area contributed by atoms with Gasteiger partial charge in [-0.3, -0.25) is 0 Å². The van der Waals surface area contributed by atoms with Crippen LogP contribution < -0.4 is 11.1 Å². The Morgan fingerprint density at radius 1 is 1.10 bits per heavy atom. The molecule has 0 radical (unpaired) electrons.